The molecule has 0 saturated carbocycles. The minimum absolute atomic E-state index is 0.0344. The molecule has 2 N–H and O–H groups in total. The maximum Gasteiger partial charge on any atom is 0.0829 e. The van der Waals surface area contributed by atoms with Crippen LogP contribution in [-0.2, 0) is 0 Å². The normalized spacial score (nSPS) is 13.0. The first-order valence-electron chi connectivity index (χ1n) is 5.85. The molecule has 0 aliphatic rings. The third kappa shape index (κ3) is 2.53. The van der Waals surface area contributed by atoms with Gasteiger partial charge < -0.3 is 5.73 Å². The molecular formula is C13H18N4. The van der Waals surface area contributed by atoms with Gasteiger partial charge in [0.05, 0.1) is 23.3 Å². The van der Waals surface area contributed by atoms with E-state index in [0.29, 0.717) is 5.92 Å². The molecular weight excluding hydrogens is 212 g/mol. The van der Waals surface area contributed by atoms with Crippen LogP contribution < -0.4 is 5.73 Å². The summed E-state index contributed by atoms with van der Waals surface area (Å²) in [6.07, 6.45) is 3.76. The van der Waals surface area contributed by atoms with Crippen LogP contribution in [0.15, 0.2) is 30.6 Å². The lowest BCUT2D eigenvalue weighted by molar-refractivity contribution is 0.756. The Labute approximate surface area is 101 Å². The van der Waals surface area contributed by atoms with E-state index in [1.807, 2.05) is 36.0 Å². The Morgan fingerprint density at radius 2 is 1.88 bits per heavy atom. The van der Waals surface area contributed by atoms with E-state index in [-0.39, 0.29) is 6.04 Å². The third-order valence-electron chi connectivity index (χ3n) is 2.70. The fourth-order valence-corrected chi connectivity index (χ4v) is 1.59. The highest BCUT2D eigenvalue weighted by Gasteiger charge is 2.06. The van der Waals surface area contributed by atoms with E-state index in [1.165, 1.54) is 0 Å². The smallest absolute Gasteiger partial charge is 0.0829 e. The summed E-state index contributed by atoms with van der Waals surface area (Å²) in [4.78, 5) is 4.32. The summed E-state index contributed by atoms with van der Waals surface area (Å²) in [5.74, 6) is 0.438. The van der Waals surface area contributed by atoms with Crippen LogP contribution in [-0.4, -0.2) is 14.8 Å². The van der Waals surface area contributed by atoms with Crippen molar-refractivity contribution in [3.63, 3.8) is 0 Å². The summed E-state index contributed by atoms with van der Waals surface area (Å²) >= 11 is 0. The summed E-state index contributed by atoms with van der Waals surface area (Å²) in [7, 11) is 0. The van der Waals surface area contributed by atoms with E-state index >= 15 is 0 Å². The lowest BCUT2D eigenvalue weighted by Crippen LogP contribution is -2.07. The zero-order valence-corrected chi connectivity index (χ0v) is 10.5. The van der Waals surface area contributed by atoms with Gasteiger partial charge in [-0.1, -0.05) is 13.8 Å². The van der Waals surface area contributed by atoms with Crippen LogP contribution in [0.2, 0.25) is 0 Å². The number of rotatable bonds is 3. The molecule has 0 fully saturated rings. The molecule has 0 aliphatic heterocycles. The number of aromatic nitrogens is 3. The van der Waals surface area contributed by atoms with E-state index in [0.717, 1.165) is 17.1 Å². The molecule has 4 heteroatoms. The van der Waals surface area contributed by atoms with Crippen molar-refractivity contribution in [2.45, 2.75) is 32.7 Å². The van der Waals surface area contributed by atoms with Gasteiger partial charge in [-0.25, -0.2) is 4.68 Å². The molecule has 2 heterocycles. The fourth-order valence-electron chi connectivity index (χ4n) is 1.59. The number of pyridine rings is 1. The van der Waals surface area contributed by atoms with Crippen molar-refractivity contribution in [1.82, 2.24) is 14.8 Å². The third-order valence-corrected chi connectivity index (χ3v) is 2.70. The molecule has 0 amide bonds. The van der Waals surface area contributed by atoms with Crippen LogP contribution in [0.25, 0.3) is 5.69 Å². The standard InChI is InChI=1S/C13H18N4/c1-9(2)12-6-7-17(16-12)11-4-5-13(10(3)14)15-8-11/h4-10H,14H2,1-3H3/t10-/m1/s1. The fraction of sp³-hybridized carbons (Fsp3) is 0.385. The Balaban J connectivity index is 2.27. The van der Waals surface area contributed by atoms with Crippen LogP contribution in [0.1, 0.15) is 44.1 Å². The van der Waals surface area contributed by atoms with E-state index in [2.05, 4.69) is 23.9 Å². The molecule has 2 rings (SSSR count). The van der Waals surface area contributed by atoms with Gasteiger partial charge in [0.2, 0.25) is 0 Å². The molecule has 0 unspecified atom stereocenters. The monoisotopic (exact) mass is 230 g/mol. The van der Waals surface area contributed by atoms with Crippen LogP contribution in [0.5, 0.6) is 0 Å². The van der Waals surface area contributed by atoms with E-state index in [9.17, 15) is 0 Å². The molecule has 0 bridgehead atoms. The van der Waals surface area contributed by atoms with Crippen molar-refractivity contribution in [2.75, 3.05) is 0 Å². The first-order chi connectivity index (χ1) is 8.08. The second kappa shape index (κ2) is 4.67. The van der Waals surface area contributed by atoms with Crippen molar-refractivity contribution in [3.05, 3.63) is 42.0 Å². The average molecular weight is 230 g/mol. The number of hydrogen-bond acceptors (Lipinski definition) is 3. The molecule has 0 radical (unpaired) electrons. The Morgan fingerprint density at radius 1 is 1.12 bits per heavy atom. The quantitative estimate of drug-likeness (QED) is 0.881. The SMILES string of the molecule is CC(C)c1ccn(-c2ccc([C@@H](C)N)nc2)n1. The molecule has 17 heavy (non-hydrogen) atoms. The van der Waals surface area contributed by atoms with Gasteiger partial charge in [0.25, 0.3) is 0 Å². The van der Waals surface area contributed by atoms with Crippen molar-refractivity contribution in [1.29, 1.82) is 0 Å². The predicted molar refractivity (Wildman–Crippen MR) is 68.1 cm³/mol. The second-order valence-electron chi connectivity index (χ2n) is 4.57. The molecule has 0 aliphatic carbocycles. The lowest BCUT2D eigenvalue weighted by atomic mass is 10.1. The maximum absolute atomic E-state index is 5.76. The predicted octanol–water partition coefficient (Wildman–Crippen LogP) is 2.41. The highest BCUT2D eigenvalue weighted by Crippen LogP contribution is 2.14. The first-order valence-corrected chi connectivity index (χ1v) is 5.85. The van der Waals surface area contributed by atoms with Crippen LogP contribution in [0, 0.1) is 0 Å². The van der Waals surface area contributed by atoms with E-state index < -0.39 is 0 Å². The zero-order valence-electron chi connectivity index (χ0n) is 10.5. The van der Waals surface area contributed by atoms with Gasteiger partial charge in [0.15, 0.2) is 0 Å². The van der Waals surface area contributed by atoms with Crippen molar-refractivity contribution in [2.24, 2.45) is 5.73 Å². The average Bonchev–Trinajstić information content (AvgIpc) is 2.78. The van der Waals surface area contributed by atoms with Crippen LogP contribution in [0.4, 0.5) is 0 Å². The van der Waals surface area contributed by atoms with Gasteiger partial charge in [-0.05, 0) is 31.0 Å². The number of hydrogen-bond donors (Lipinski definition) is 1. The first kappa shape index (κ1) is 11.8. The topological polar surface area (TPSA) is 56.7 Å². The molecule has 2 aromatic heterocycles. The molecule has 4 nitrogen and oxygen atoms in total. The van der Waals surface area contributed by atoms with E-state index in [4.69, 9.17) is 5.73 Å². The van der Waals surface area contributed by atoms with Crippen molar-refractivity contribution in [3.8, 4) is 5.69 Å². The largest absolute Gasteiger partial charge is 0.323 e. The van der Waals surface area contributed by atoms with Gasteiger partial charge in [0, 0.05) is 12.2 Å². The Hall–Kier alpha value is -1.68. The molecule has 1 atom stereocenters. The van der Waals surface area contributed by atoms with Gasteiger partial charge in [0.1, 0.15) is 0 Å². The Kier molecular flexibility index (Phi) is 3.24. The number of nitrogens with zero attached hydrogens (tertiary/aromatic N) is 3. The van der Waals surface area contributed by atoms with Gasteiger partial charge in [-0.2, -0.15) is 5.10 Å². The Bertz CT molecular complexity index is 482. The molecule has 90 valence electrons. The summed E-state index contributed by atoms with van der Waals surface area (Å²) in [5, 5.41) is 4.50. The molecule has 2 aromatic rings. The van der Waals surface area contributed by atoms with Crippen molar-refractivity contribution < 1.29 is 0 Å². The summed E-state index contributed by atoms with van der Waals surface area (Å²) in [6.45, 7) is 6.18. The molecule has 0 aromatic carbocycles. The molecule has 0 saturated heterocycles. The molecule has 0 spiro atoms. The minimum Gasteiger partial charge on any atom is -0.323 e. The summed E-state index contributed by atoms with van der Waals surface area (Å²) in [6, 6.07) is 5.93. The highest BCUT2D eigenvalue weighted by atomic mass is 15.3. The maximum atomic E-state index is 5.76. The summed E-state index contributed by atoms with van der Waals surface area (Å²) in [5.41, 5.74) is 8.70. The zero-order chi connectivity index (χ0) is 12.4. The second-order valence-corrected chi connectivity index (χ2v) is 4.57. The number of nitrogens with two attached hydrogens (primary N) is 1. The van der Waals surface area contributed by atoms with Crippen LogP contribution in [0.3, 0.4) is 0 Å². The Morgan fingerprint density at radius 3 is 2.35 bits per heavy atom. The van der Waals surface area contributed by atoms with Crippen molar-refractivity contribution >= 4 is 0 Å². The van der Waals surface area contributed by atoms with Crippen LogP contribution >= 0.6 is 0 Å². The van der Waals surface area contributed by atoms with E-state index in [1.54, 1.807) is 6.20 Å². The van der Waals surface area contributed by atoms with Gasteiger partial charge in [-0.15, -0.1) is 0 Å². The lowest BCUT2D eigenvalue weighted by Gasteiger charge is -2.06. The summed E-state index contributed by atoms with van der Waals surface area (Å²) < 4.78 is 1.84. The van der Waals surface area contributed by atoms with Gasteiger partial charge >= 0.3 is 0 Å². The van der Waals surface area contributed by atoms with Gasteiger partial charge in [-0.3, -0.25) is 4.98 Å². The minimum atomic E-state index is -0.0344. The highest BCUT2D eigenvalue weighted by molar-refractivity contribution is 5.30.